The van der Waals surface area contributed by atoms with Gasteiger partial charge in [0.25, 0.3) is 0 Å². The molecule has 7 heteroatoms. The van der Waals surface area contributed by atoms with Gasteiger partial charge >= 0.3 is 205 Å². The number of hydrogen-bond donors (Lipinski definition) is 0. The molecule has 270 valence electrons. The Kier molecular flexibility index (Phi) is 6.16. The first-order valence-electron chi connectivity index (χ1n) is 19.8. The molecule has 0 saturated carbocycles. The number of hydrogen-bond acceptors (Lipinski definition) is 2. The SMILES string of the molecule is [2H]C([2H])([2H])n1[c](=[Pt])n(-c2[c-]c(Oc3[c-]c4c(cc3)c3cc5c6cccc7c8ccccc8n(c5cc3n4-c3cc(C(C)(C)C)ccn3)c76)c(C)cc2)c2ccccc21. The molecule has 6 aromatic carbocycles. The van der Waals surface area contributed by atoms with Crippen molar-refractivity contribution in [3.63, 3.8) is 0 Å². The molecular formula is C48H35N5OPt-2. The molecule has 5 aromatic heterocycles. The normalized spacial score (nSPS) is 13.6. The van der Waals surface area contributed by atoms with Crippen molar-refractivity contribution in [2.24, 2.45) is 6.98 Å². The minimum atomic E-state index is -2.36. The van der Waals surface area contributed by atoms with Crippen LogP contribution in [0.2, 0.25) is 0 Å². The number of ether oxygens (including phenoxy) is 1. The van der Waals surface area contributed by atoms with Gasteiger partial charge in [0.05, 0.1) is 16.6 Å². The van der Waals surface area contributed by atoms with Crippen molar-refractivity contribution < 1.29 is 28.2 Å². The number of benzene rings is 6. The Hall–Kier alpha value is -5.97. The summed E-state index contributed by atoms with van der Waals surface area (Å²) in [6, 6.07) is 46.8. The van der Waals surface area contributed by atoms with Crippen LogP contribution in [-0.4, -0.2) is 23.1 Å². The van der Waals surface area contributed by atoms with E-state index in [-0.39, 0.29) is 5.41 Å². The number of aryl methyl sites for hydroxylation is 2. The van der Waals surface area contributed by atoms with Crippen LogP contribution in [0.15, 0.2) is 121 Å². The van der Waals surface area contributed by atoms with Gasteiger partial charge in [0, 0.05) is 27.7 Å². The second-order valence-corrected chi connectivity index (χ2v) is 16.4. The Morgan fingerprint density at radius 2 is 1.42 bits per heavy atom. The second kappa shape index (κ2) is 11.5. The molecule has 0 bridgehead atoms. The van der Waals surface area contributed by atoms with E-state index in [9.17, 15) is 0 Å². The third-order valence-electron chi connectivity index (χ3n) is 11.1. The van der Waals surface area contributed by atoms with Crippen LogP contribution in [0.1, 0.15) is 36.0 Å². The third-order valence-corrected chi connectivity index (χ3v) is 12.1. The Balaban J connectivity index is 1.13. The average molecular weight is 896 g/mol. The van der Waals surface area contributed by atoms with Crippen LogP contribution >= 0.6 is 0 Å². The van der Waals surface area contributed by atoms with Crippen molar-refractivity contribution in [1.29, 1.82) is 0 Å². The zero-order chi connectivity index (χ0) is 39.8. The summed E-state index contributed by atoms with van der Waals surface area (Å²) in [7, 11) is 0. The van der Waals surface area contributed by atoms with Crippen LogP contribution in [0, 0.1) is 22.9 Å². The molecular weight excluding hydrogens is 858 g/mol. The maximum atomic E-state index is 8.28. The molecule has 0 amide bonds. The number of para-hydroxylation sites is 4. The molecule has 0 atom stereocenters. The number of imidazole rings is 1. The number of fused-ring (bicyclic) bond motifs is 10. The maximum absolute atomic E-state index is 8.28. The van der Waals surface area contributed by atoms with Crippen molar-refractivity contribution in [3.05, 3.63) is 149 Å². The first kappa shape index (κ1) is 29.4. The third kappa shape index (κ3) is 4.64. The van der Waals surface area contributed by atoms with Crippen LogP contribution in [0.5, 0.6) is 11.5 Å². The molecule has 55 heavy (non-hydrogen) atoms. The van der Waals surface area contributed by atoms with E-state index in [1.54, 1.807) is 0 Å². The first-order chi connectivity index (χ1) is 27.9. The molecule has 0 fully saturated rings. The Morgan fingerprint density at radius 3 is 2.24 bits per heavy atom. The zero-order valence-corrected chi connectivity index (χ0v) is 32.8. The fourth-order valence-corrected chi connectivity index (χ4v) is 9.20. The average Bonchev–Trinajstić information content (AvgIpc) is 3.91. The van der Waals surface area contributed by atoms with E-state index in [4.69, 9.17) is 13.8 Å². The summed E-state index contributed by atoms with van der Waals surface area (Å²) in [6.07, 6.45) is 1.90. The summed E-state index contributed by atoms with van der Waals surface area (Å²) in [6.45, 7) is 6.28. The van der Waals surface area contributed by atoms with E-state index in [1.807, 2.05) is 60.2 Å². The van der Waals surface area contributed by atoms with Gasteiger partial charge in [0.2, 0.25) is 0 Å². The van der Waals surface area contributed by atoms with Gasteiger partial charge in [-0.1, -0.05) is 57.2 Å². The van der Waals surface area contributed by atoms with Crippen LogP contribution in [0.25, 0.3) is 82.4 Å². The summed E-state index contributed by atoms with van der Waals surface area (Å²) in [5.41, 5.74) is 9.47. The van der Waals surface area contributed by atoms with Gasteiger partial charge < -0.3 is 4.40 Å². The summed E-state index contributed by atoms with van der Waals surface area (Å²) in [5, 5.41) is 7.07. The van der Waals surface area contributed by atoms with E-state index < -0.39 is 6.98 Å². The van der Waals surface area contributed by atoms with Crippen molar-refractivity contribution in [1.82, 2.24) is 23.1 Å². The topological polar surface area (TPSA) is 41.3 Å². The number of aromatic nitrogens is 5. The van der Waals surface area contributed by atoms with Gasteiger partial charge in [0.15, 0.2) is 0 Å². The van der Waals surface area contributed by atoms with Crippen LogP contribution in [0.4, 0.5) is 0 Å². The van der Waals surface area contributed by atoms with E-state index in [2.05, 4.69) is 134 Å². The van der Waals surface area contributed by atoms with Gasteiger partial charge in [-0.2, -0.15) is 0 Å². The van der Waals surface area contributed by atoms with E-state index in [0.29, 0.717) is 26.5 Å². The molecule has 0 aliphatic carbocycles. The molecule has 0 spiro atoms. The molecule has 0 saturated heterocycles. The number of pyridine rings is 1. The fourth-order valence-electron chi connectivity index (χ4n) is 8.38. The Labute approximate surface area is 332 Å². The first-order valence-corrected chi connectivity index (χ1v) is 19.4. The van der Waals surface area contributed by atoms with Crippen molar-refractivity contribution in [2.75, 3.05) is 0 Å². The van der Waals surface area contributed by atoms with Gasteiger partial charge in [0.1, 0.15) is 0 Å². The standard InChI is InChI=1S/C48H35N5O.Pt/c1-29-17-18-31(51-28-50(5)40-15-8-9-16-41(40)51)24-45(29)54-32-19-20-34-37-26-38-36-13-10-12-35-33-11-6-7-14-39(33)53(47(35)36)44(38)27-43(37)52(42(34)25-32)46-23-30(21-22-49-46)48(2,3)4;/h6-23,26-27H,1-5H3;/q-2;/i5D3;. The van der Waals surface area contributed by atoms with Gasteiger partial charge in [-0.3, -0.25) is 0 Å². The zero-order valence-electron chi connectivity index (χ0n) is 33.5. The predicted molar refractivity (Wildman–Crippen MR) is 220 cm³/mol. The molecule has 11 aromatic rings. The number of rotatable bonds is 4. The van der Waals surface area contributed by atoms with Crippen LogP contribution in [0.3, 0.4) is 0 Å². The molecule has 0 aliphatic rings. The number of nitrogens with zero attached hydrogens (tertiary/aromatic N) is 5. The van der Waals surface area contributed by atoms with Crippen molar-refractivity contribution in [3.8, 4) is 23.0 Å². The van der Waals surface area contributed by atoms with Gasteiger partial charge in [-0.15, -0.1) is 0 Å². The summed E-state index contributed by atoms with van der Waals surface area (Å²) in [4.78, 5) is 4.98. The van der Waals surface area contributed by atoms with E-state index >= 15 is 0 Å². The fraction of sp³-hybridized carbons (Fsp3) is 0.125. The predicted octanol–water partition coefficient (Wildman–Crippen LogP) is 11.7. The van der Waals surface area contributed by atoms with Gasteiger partial charge in [-0.25, -0.2) is 0 Å². The van der Waals surface area contributed by atoms with Crippen LogP contribution in [-0.2, 0) is 31.7 Å². The summed E-state index contributed by atoms with van der Waals surface area (Å²) >= 11 is 2.08. The molecule has 0 unspecified atom stereocenters. The van der Waals surface area contributed by atoms with Crippen molar-refractivity contribution >= 4 is 70.9 Å². The van der Waals surface area contributed by atoms with Gasteiger partial charge in [-0.05, 0) is 23.1 Å². The summed E-state index contributed by atoms with van der Waals surface area (Å²) < 4.78 is 40.0. The Morgan fingerprint density at radius 1 is 0.673 bits per heavy atom. The van der Waals surface area contributed by atoms with E-state index in [1.165, 1.54) is 42.7 Å². The van der Waals surface area contributed by atoms with E-state index in [0.717, 1.165) is 44.2 Å². The molecule has 0 aliphatic heterocycles. The Bertz CT molecular complexity index is 3560. The quantitative estimate of drug-likeness (QED) is 0.165. The summed E-state index contributed by atoms with van der Waals surface area (Å²) in [5.74, 6) is 1.86. The molecule has 0 radical (unpaired) electrons. The van der Waals surface area contributed by atoms with Crippen LogP contribution < -0.4 is 4.74 Å². The monoisotopic (exact) mass is 895 g/mol. The molecule has 0 N–H and O–H groups in total. The molecule has 5 heterocycles. The second-order valence-electron chi connectivity index (χ2n) is 15.4. The minimum absolute atomic E-state index is 0.0863. The molecule has 6 nitrogen and oxygen atoms in total. The van der Waals surface area contributed by atoms with Crippen molar-refractivity contribution in [2.45, 2.75) is 33.1 Å². The molecule has 11 rings (SSSR count).